The van der Waals surface area contributed by atoms with Crippen molar-refractivity contribution >= 4 is 15.8 Å². The summed E-state index contributed by atoms with van der Waals surface area (Å²) in [5, 5.41) is 0. The summed E-state index contributed by atoms with van der Waals surface area (Å²) >= 11 is 0. The van der Waals surface area contributed by atoms with Gasteiger partial charge in [-0.1, -0.05) is 12.1 Å². The van der Waals surface area contributed by atoms with Gasteiger partial charge in [-0.05, 0) is 24.7 Å². The van der Waals surface area contributed by atoms with E-state index in [2.05, 4.69) is 4.74 Å². The molecule has 0 heterocycles. The molecule has 0 saturated carbocycles. The number of nitrogens with zero attached hydrogens (tertiary/aromatic N) is 1. The van der Waals surface area contributed by atoms with E-state index in [4.69, 9.17) is 0 Å². The van der Waals surface area contributed by atoms with Crippen LogP contribution in [0.25, 0.3) is 0 Å². The Kier molecular flexibility index (Phi) is 5.50. The van der Waals surface area contributed by atoms with Crippen LogP contribution in [0.2, 0.25) is 0 Å². The van der Waals surface area contributed by atoms with Crippen molar-refractivity contribution in [3.05, 3.63) is 35.4 Å². The molecule has 0 N–H and O–H groups in total. The minimum absolute atomic E-state index is 0.143. The molecule has 6 heteroatoms. The van der Waals surface area contributed by atoms with Crippen LogP contribution in [-0.4, -0.2) is 52.0 Å². The van der Waals surface area contributed by atoms with Crippen molar-refractivity contribution < 1.29 is 17.9 Å². The Balaban J connectivity index is 2.55. The van der Waals surface area contributed by atoms with Gasteiger partial charge >= 0.3 is 5.97 Å². The fourth-order valence-corrected chi connectivity index (χ4v) is 2.22. The molecule has 1 aromatic carbocycles. The molecule has 5 nitrogen and oxygen atoms in total. The van der Waals surface area contributed by atoms with Crippen LogP contribution in [-0.2, 0) is 21.1 Å². The lowest BCUT2D eigenvalue weighted by Crippen LogP contribution is -2.24. The zero-order valence-electron chi connectivity index (χ0n) is 11.4. The first-order valence-electron chi connectivity index (χ1n) is 5.85. The van der Waals surface area contributed by atoms with Gasteiger partial charge in [-0.25, -0.2) is 13.2 Å². The summed E-state index contributed by atoms with van der Waals surface area (Å²) in [7, 11) is 0.267. The minimum atomic E-state index is -2.94. The lowest BCUT2D eigenvalue weighted by molar-refractivity contribution is 0.0600. The Morgan fingerprint density at radius 2 is 1.84 bits per heavy atom. The first kappa shape index (κ1) is 15.7. The van der Waals surface area contributed by atoms with E-state index in [1.807, 2.05) is 24.1 Å². The number of carbonyl (C=O) groups excluding carboxylic acids is 1. The van der Waals surface area contributed by atoms with Gasteiger partial charge in [-0.15, -0.1) is 0 Å². The molecule has 1 aromatic rings. The number of hydrogen-bond acceptors (Lipinski definition) is 5. The maximum Gasteiger partial charge on any atom is 0.337 e. The van der Waals surface area contributed by atoms with Crippen molar-refractivity contribution in [2.24, 2.45) is 0 Å². The lowest BCUT2D eigenvalue weighted by Gasteiger charge is -2.16. The van der Waals surface area contributed by atoms with E-state index in [0.29, 0.717) is 18.7 Å². The summed E-state index contributed by atoms with van der Waals surface area (Å²) in [5.41, 5.74) is 1.52. The average Bonchev–Trinajstić information content (AvgIpc) is 2.35. The van der Waals surface area contributed by atoms with Crippen LogP contribution < -0.4 is 0 Å². The van der Waals surface area contributed by atoms with Crippen LogP contribution >= 0.6 is 0 Å². The van der Waals surface area contributed by atoms with Crippen LogP contribution in [0.3, 0.4) is 0 Å². The predicted molar refractivity (Wildman–Crippen MR) is 73.8 cm³/mol. The van der Waals surface area contributed by atoms with Crippen LogP contribution in [0.1, 0.15) is 15.9 Å². The third-order valence-corrected chi connectivity index (χ3v) is 3.60. The summed E-state index contributed by atoms with van der Waals surface area (Å²) in [6, 6.07) is 7.07. The van der Waals surface area contributed by atoms with E-state index in [1.54, 1.807) is 12.1 Å². The summed E-state index contributed by atoms with van der Waals surface area (Å²) < 4.78 is 26.7. The fraction of sp³-hybridized carbons (Fsp3) is 0.462. The smallest absolute Gasteiger partial charge is 0.337 e. The normalized spacial score (nSPS) is 11.6. The highest BCUT2D eigenvalue weighted by Gasteiger charge is 2.08. The third-order valence-electron chi connectivity index (χ3n) is 2.67. The number of esters is 1. The van der Waals surface area contributed by atoms with E-state index in [-0.39, 0.29) is 11.7 Å². The standard InChI is InChI=1S/C13H19NO4S/c1-14(8-9-19(3,16)17)10-11-4-6-12(7-5-11)13(15)18-2/h4-7H,8-10H2,1-3H3. The second kappa shape index (κ2) is 6.68. The Hall–Kier alpha value is -1.40. The summed E-state index contributed by atoms with van der Waals surface area (Å²) in [4.78, 5) is 13.2. The molecular weight excluding hydrogens is 266 g/mol. The van der Waals surface area contributed by atoms with Gasteiger partial charge in [-0.3, -0.25) is 0 Å². The van der Waals surface area contributed by atoms with Gasteiger partial charge in [0, 0.05) is 19.3 Å². The summed E-state index contributed by atoms with van der Waals surface area (Å²) in [6.45, 7) is 1.12. The largest absolute Gasteiger partial charge is 0.465 e. The average molecular weight is 285 g/mol. The van der Waals surface area contributed by atoms with Crippen LogP contribution in [0.5, 0.6) is 0 Å². The molecule has 0 bridgehead atoms. The zero-order valence-corrected chi connectivity index (χ0v) is 12.2. The predicted octanol–water partition coefficient (Wildman–Crippen LogP) is 0.950. The molecule has 0 radical (unpaired) electrons. The van der Waals surface area contributed by atoms with Crippen LogP contribution in [0.4, 0.5) is 0 Å². The number of methoxy groups -OCH3 is 1. The van der Waals surface area contributed by atoms with Crippen molar-refractivity contribution in [2.45, 2.75) is 6.54 Å². The molecule has 0 aliphatic heterocycles. The van der Waals surface area contributed by atoms with E-state index in [9.17, 15) is 13.2 Å². The molecule has 106 valence electrons. The van der Waals surface area contributed by atoms with E-state index in [1.165, 1.54) is 13.4 Å². The molecule has 0 fully saturated rings. The van der Waals surface area contributed by atoms with Crippen molar-refractivity contribution in [3.8, 4) is 0 Å². The number of benzene rings is 1. The molecule has 19 heavy (non-hydrogen) atoms. The topological polar surface area (TPSA) is 63.7 Å². The van der Waals surface area contributed by atoms with Gasteiger partial charge in [0.15, 0.2) is 0 Å². The van der Waals surface area contributed by atoms with E-state index in [0.717, 1.165) is 5.56 Å². The zero-order chi connectivity index (χ0) is 14.5. The molecule has 1 rings (SSSR count). The molecule has 0 spiro atoms. The molecule has 0 aliphatic rings. The molecule has 0 unspecified atom stereocenters. The van der Waals surface area contributed by atoms with Gasteiger partial charge in [0.2, 0.25) is 0 Å². The number of rotatable bonds is 6. The first-order chi connectivity index (χ1) is 8.81. The Morgan fingerprint density at radius 1 is 1.26 bits per heavy atom. The number of sulfone groups is 1. The quantitative estimate of drug-likeness (QED) is 0.728. The molecular formula is C13H19NO4S. The van der Waals surface area contributed by atoms with Gasteiger partial charge in [0.05, 0.1) is 18.4 Å². The van der Waals surface area contributed by atoms with Crippen molar-refractivity contribution in [2.75, 3.05) is 32.7 Å². The maximum atomic E-state index is 11.3. The van der Waals surface area contributed by atoms with Crippen molar-refractivity contribution in [3.63, 3.8) is 0 Å². The summed E-state index contributed by atoms with van der Waals surface area (Å²) in [6.07, 6.45) is 1.23. The monoisotopic (exact) mass is 285 g/mol. The van der Waals surface area contributed by atoms with Gasteiger partial charge < -0.3 is 9.64 Å². The number of hydrogen-bond donors (Lipinski definition) is 0. The van der Waals surface area contributed by atoms with Gasteiger partial charge in [0.25, 0.3) is 0 Å². The number of carbonyl (C=O) groups is 1. The molecule has 0 aliphatic carbocycles. The fourth-order valence-electron chi connectivity index (χ4n) is 1.58. The third kappa shape index (κ3) is 5.85. The highest BCUT2D eigenvalue weighted by molar-refractivity contribution is 7.90. The number of ether oxygens (including phenoxy) is 1. The molecule has 0 aromatic heterocycles. The molecule has 0 saturated heterocycles. The Morgan fingerprint density at radius 3 is 2.32 bits per heavy atom. The van der Waals surface area contributed by atoms with Crippen molar-refractivity contribution in [1.29, 1.82) is 0 Å². The Bertz CT molecular complexity index is 522. The highest BCUT2D eigenvalue weighted by atomic mass is 32.2. The van der Waals surface area contributed by atoms with Gasteiger partial charge in [-0.2, -0.15) is 0 Å². The van der Waals surface area contributed by atoms with Crippen LogP contribution in [0, 0.1) is 0 Å². The SMILES string of the molecule is COC(=O)c1ccc(CN(C)CCS(C)(=O)=O)cc1. The highest BCUT2D eigenvalue weighted by Crippen LogP contribution is 2.08. The van der Waals surface area contributed by atoms with Gasteiger partial charge in [0.1, 0.15) is 9.84 Å². The second-order valence-corrected chi connectivity index (χ2v) is 6.82. The minimum Gasteiger partial charge on any atom is -0.465 e. The lowest BCUT2D eigenvalue weighted by atomic mass is 10.1. The molecule has 0 atom stereocenters. The molecule has 0 amide bonds. The Labute approximate surface area is 114 Å². The maximum absolute atomic E-state index is 11.3. The summed E-state index contributed by atoms with van der Waals surface area (Å²) in [5.74, 6) is -0.221. The van der Waals surface area contributed by atoms with E-state index < -0.39 is 9.84 Å². The van der Waals surface area contributed by atoms with E-state index >= 15 is 0 Å². The van der Waals surface area contributed by atoms with Crippen LogP contribution in [0.15, 0.2) is 24.3 Å². The van der Waals surface area contributed by atoms with Crippen molar-refractivity contribution in [1.82, 2.24) is 4.90 Å². The second-order valence-electron chi connectivity index (χ2n) is 4.56. The first-order valence-corrected chi connectivity index (χ1v) is 7.91.